The highest BCUT2D eigenvalue weighted by Crippen LogP contribution is 2.60. The minimum absolute atomic E-state index is 0.0113. The Morgan fingerprint density at radius 1 is 1.30 bits per heavy atom. The Hall–Kier alpha value is -1.32. The second-order valence-electron chi connectivity index (χ2n) is 7.67. The topological polar surface area (TPSA) is 52.6 Å². The van der Waals surface area contributed by atoms with Crippen LogP contribution in [0, 0.1) is 11.3 Å². The number of hydrogen-bond acceptors (Lipinski definition) is 4. The highest BCUT2D eigenvalue weighted by Gasteiger charge is 2.63. The molecule has 110 valence electrons. The van der Waals surface area contributed by atoms with Gasteiger partial charge < -0.3 is 9.47 Å². The van der Waals surface area contributed by atoms with Crippen LogP contribution in [0.3, 0.4) is 0 Å². The van der Waals surface area contributed by atoms with Crippen LogP contribution in [0.2, 0.25) is 0 Å². The molecule has 2 aliphatic carbocycles. The number of rotatable bonds is 2. The molecule has 2 saturated heterocycles. The minimum atomic E-state index is -0.563. The summed E-state index contributed by atoms with van der Waals surface area (Å²) in [5.74, 6) is -0.619. The quantitative estimate of drug-likeness (QED) is 0.575. The van der Waals surface area contributed by atoms with Crippen LogP contribution in [0.15, 0.2) is 12.2 Å². The average molecular weight is 278 g/mol. The summed E-state index contributed by atoms with van der Waals surface area (Å²) in [6.07, 6.45) is 3.72. The lowest BCUT2D eigenvalue weighted by molar-refractivity contribution is -0.187. The Kier molecular flexibility index (Phi) is 2.64. The zero-order valence-electron chi connectivity index (χ0n) is 12.5. The van der Waals surface area contributed by atoms with E-state index in [-0.39, 0.29) is 23.3 Å². The van der Waals surface area contributed by atoms with E-state index in [0.29, 0.717) is 18.4 Å². The van der Waals surface area contributed by atoms with Crippen molar-refractivity contribution >= 4 is 11.9 Å². The molecule has 0 aromatic rings. The van der Waals surface area contributed by atoms with E-state index >= 15 is 0 Å². The standard InChI is InChI=1S/C16H22O4/c1-10(2)12(17)20-16-6-11-5-14(3,8-16)7-15(4,9-16)19-13(11)18/h11H,1,5-9H2,2-4H3. The van der Waals surface area contributed by atoms with Crippen molar-refractivity contribution in [3.8, 4) is 0 Å². The van der Waals surface area contributed by atoms with Gasteiger partial charge in [-0.25, -0.2) is 4.79 Å². The van der Waals surface area contributed by atoms with Gasteiger partial charge in [-0.2, -0.15) is 0 Å². The van der Waals surface area contributed by atoms with Gasteiger partial charge in [-0.1, -0.05) is 13.5 Å². The van der Waals surface area contributed by atoms with Crippen molar-refractivity contribution in [1.82, 2.24) is 0 Å². The Bertz CT molecular complexity index is 511. The summed E-state index contributed by atoms with van der Waals surface area (Å²) in [5, 5.41) is 0. The molecule has 2 saturated carbocycles. The van der Waals surface area contributed by atoms with Crippen molar-refractivity contribution in [3.63, 3.8) is 0 Å². The van der Waals surface area contributed by atoms with Crippen LogP contribution in [0.1, 0.15) is 52.9 Å². The lowest BCUT2D eigenvalue weighted by Gasteiger charge is -2.53. The van der Waals surface area contributed by atoms with Gasteiger partial charge >= 0.3 is 11.9 Å². The van der Waals surface area contributed by atoms with E-state index in [0.717, 1.165) is 19.3 Å². The summed E-state index contributed by atoms with van der Waals surface area (Å²) in [4.78, 5) is 24.2. The number of esters is 2. The predicted molar refractivity (Wildman–Crippen MR) is 72.8 cm³/mol. The largest absolute Gasteiger partial charge is 0.459 e. The van der Waals surface area contributed by atoms with Crippen LogP contribution in [0.4, 0.5) is 0 Å². The molecule has 0 radical (unpaired) electrons. The summed E-state index contributed by atoms with van der Waals surface area (Å²) in [5.41, 5.74) is -0.656. The molecule has 4 rings (SSSR count). The van der Waals surface area contributed by atoms with E-state index in [9.17, 15) is 9.59 Å². The molecule has 4 heteroatoms. The van der Waals surface area contributed by atoms with Crippen LogP contribution in [-0.2, 0) is 19.1 Å². The monoisotopic (exact) mass is 278 g/mol. The molecular formula is C16H22O4. The van der Waals surface area contributed by atoms with Gasteiger partial charge in [-0.15, -0.1) is 0 Å². The third-order valence-electron chi connectivity index (χ3n) is 4.94. The Labute approximate surface area is 119 Å². The molecule has 20 heavy (non-hydrogen) atoms. The van der Waals surface area contributed by atoms with Crippen LogP contribution < -0.4 is 0 Å². The average Bonchev–Trinajstić information content (AvgIpc) is 2.34. The minimum Gasteiger partial charge on any atom is -0.459 e. The molecule has 4 aliphatic rings. The van der Waals surface area contributed by atoms with Gasteiger partial charge in [0.25, 0.3) is 0 Å². The second kappa shape index (κ2) is 3.86. The number of fused-ring (bicyclic) bond motifs is 1. The molecular weight excluding hydrogens is 256 g/mol. The molecule has 0 spiro atoms. The van der Waals surface area contributed by atoms with Gasteiger partial charge in [0.1, 0.15) is 11.2 Å². The first-order valence-electron chi connectivity index (χ1n) is 7.26. The molecule has 4 unspecified atom stereocenters. The Balaban J connectivity index is 1.99. The molecule has 4 atom stereocenters. The first-order valence-corrected chi connectivity index (χ1v) is 7.26. The third kappa shape index (κ3) is 2.05. The fraction of sp³-hybridized carbons (Fsp3) is 0.750. The maximum atomic E-state index is 12.2. The predicted octanol–water partition coefficient (Wildman–Crippen LogP) is 2.76. The van der Waals surface area contributed by atoms with Crippen LogP contribution in [0.5, 0.6) is 0 Å². The molecule has 0 aromatic carbocycles. The van der Waals surface area contributed by atoms with E-state index < -0.39 is 11.2 Å². The van der Waals surface area contributed by atoms with Crippen LogP contribution in [-0.4, -0.2) is 23.1 Å². The van der Waals surface area contributed by atoms with Gasteiger partial charge in [0.05, 0.1) is 5.92 Å². The summed E-state index contributed by atoms with van der Waals surface area (Å²) in [7, 11) is 0. The zero-order chi connectivity index (χ0) is 14.8. The van der Waals surface area contributed by atoms with Crippen molar-refractivity contribution in [2.75, 3.05) is 0 Å². The number of carbonyl (C=O) groups is 2. The smallest absolute Gasteiger partial charge is 0.333 e. The van der Waals surface area contributed by atoms with Crippen LogP contribution in [0.25, 0.3) is 0 Å². The molecule has 0 aromatic heterocycles. The SMILES string of the molecule is C=C(C)C(=O)OC12CC3CC(C)(CC(C)(C1)OC3=O)C2. The molecule has 2 heterocycles. The Morgan fingerprint density at radius 2 is 2.00 bits per heavy atom. The summed E-state index contributed by atoms with van der Waals surface area (Å²) < 4.78 is 11.5. The lowest BCUT2D eigenvalue weighted by Crippen LogP contribution is -2.55. The number of carbonyl (C=O) groups excluding carboxylic acids is 2. The maximum absolute atomic E-state index is 12.2. The molecule has 4 fully saturated rings. The van der Waals surface area contributed by atoms with Gasteiger partial charge in [0.15, 0.2) is 0 Å². The first kappa shape index (κ1) is 13.7. The summed E-state index contributed by atoms with van der Waals surface area (Å²) >= 11 is 0. The third-order valence-corrected chi connectivity index (χ3v) is 4.94. The molecule has 2 aliphatic heterocycles. The molecule has 0 N–H and O–H groups in total. The van der Waals surface area contributed by atoms with E-state index in [4.69, 9.17) is 9.47 Å². The van der Waals surface area contributed by atoms with Gasteiger partial charge in [-0.3, -0.25) is 4.79 Å². The molecule has 4 bridgehead atoms. The van der Waals surface area contributed by atoms with Crippen molar-refractivity contribution in [2.45, 2.75) is 64.1 Å². The normalized spacial score (nSPS) is 45.8. The highest BCUT2D eigenvalue weighted by atomic mass is 16.6. The summed E-state index contributed by atoms with van der Waals surface area (Å²) in [6.45, 7) is 9.46. The molecule has 0 amide bonds. The van der Waals surface area contributed by atoms with Crippen LogP contribution >= 0.6 is 0 Å². The van der Waals surface area contributed by atoms with E-state index in [1.807, 2.05) is 6.92 Å². The Morgan fingerprint density at radius 3 is 2.65 bits per heavy atom. The van der Waals surface area contributed by atoms with Crippen molar-refractivity contribution < 1.29 is 19.1 Å². The van der Waals surface area contributed by atoms with Gasteiger partial charge in [0, 0.05) is 18.4 Å². The zero-order valence-corrected chi connectivity index (χ0v) is 12.5. The van der Waals surface area contributed by atoms with E-state index in [2.05, 4.69) is 13.5 Å². The van der Waals surface area contributed by atoms with Crippen molar-refractivity contribution in [1.29, 1.82) is 0 Å². The first-order chi connectivity index (χ1) is 9.14. The summed E-state index contributed by atoms with van der Waals surface area (Å²) in [6, 6.07) is 0. The maximum Gasteiger partial charge on any atom is 0.333 e. The fourth-order valence-electron chi connectivity index (χ4n) is 4.92. The van der Waals surface area contributed by atoms with E-state index in [1.54, 1.807) is 6.92 Å². The number of ether oxygens (including phenoxy) is 2. The van der Waals surface area contributed by atoms with Gasteiger partial charge in [0.2, 0.25) is 0 Å². The van der Waals surface area contributed by atoms with Crippen molar-refractivity contribution in [3.05, 3.63) is 12.2 Å². The number of hydrogen-bond donors (Lipinski definition) is 0. The highest BCUT2D eigenvalue weighted by molar-refractivity contribution is 5.87. The second-order valence-corrected chi connectivity index (χ2v) is 7.67. The van der Waals surface area contributed by atoms with Crippen molar-refractivity contribution in [2.24, 2.45) is 11.3 Å². The lowest BCUT2D eigenvalue weighted by atomic mass is 9.55. The van der Waals surface area contributed by atoms with Gasteiger partial charge in [-0.05, 0) is 38.5 Å². The molecule has 4 nitrogen and oxygen atoms in total. The fourth-order valence-corrected chi connectivity index (χ4v) is 4.92. The van der Waals surface area contributed by atoms with E-state index in [1.165, 1.54) is 0 Å².